The largest absolute Gasteiger partial charge is 0.347 e. The van der Waals surface area contributed by atoms with Crippen molar-refractivity contribution in [3.63, 3.8) is 0 Å². The maximum absolute atomic E-state index is 14.6. The number of nitrogens with one attached hydrogen (secondary N) is 3. The van der Waals surface area contributed by atoms with E-state index in [2.05, 4.69) is 16.0 Å². The Kier molecular flexibility index (Phi) is 5.96. The molecule has 1 saturated heterocycles. The van der Waals surface area contributed by atoms with E-state index in [-0.39, 0.29) is 12.1 Å². The molecule has 3 N–H and O–H groups in total. The van der Waals surface area contributed by atoms with Crippen LogP contribution in [-0.4, -0.2) is 24.5 Å². The highest BCUT2D eigenvalue weighted by Crippen LogP contribution is 2.34. The molecule has 3 amide bonds. The van der Waals surface area contributed by atoms with Crippen LogP contribution in [0.3, 0.4) is 0 Å². The molecule has 1 aromatic carbocycles. The van der Waals surface area contributed by atoms with Gasteiger partial charge < -0.3 is 16.0 Å². The molecule has 1 aliphatic carbocycles. The zero-order valence-electron chi connectivity index (χ0n) is 14.3. The third-order valence-corrected chi connectivity index (χ3v) is 5.49. The van der Waals surface area contributed by atoms with Crippen molar-refractivity contribution in [3.05, 3.63) is 34.4 Å². The lowest BCUT2D eigenvalue weighted by Crippen LogP contribution is -2.44. The molecule has 26 heavy (non-hydrogen) atoms. The lowest BCUT2D eigenvalue weighted by molar-refractivity contribution is -0.123. The molecule has 0 spiro atoms. The van der Waals surface area contributed by atoms with Gasteiger partial charge in [-0.15, -0.1) is 0 Å². The van der Waals surface area contributed by atoms with Crippen LogP contribution in [0.25, 0.3) is 0 Å². The average Bonchev–Trinajstić information content (AvgIpc) is 3.07. The predicted octanol–water partition coefficient (Wildman–Crippen LogP) is 3.43. The van der Waals surface area contributed by atoms with E-state index in [0.717, 1.165) is 31.7 Å². The molecule has 1 heterocycles. The van der Waals surface area contributed by atoms with Crippen LogP contribution >= 0.6 is 11.6 Å². The third kappa shape index (κ3) is 4.26. The summed E-state index contributed by atoms with van der Waals surface area (Å²) in [7, 11) is 0. The normalized spacial score (nSPS) is 21.8. The lowest BCUT2D eigenvalue weighted by Gasteiger charge is -2.28. The summed E-state index contributed by atoms with van der Waals surface area (Å²) in [5.74, 6) is -1.72. The summed E-state index contributed by atoms with van der Waals surface area (Å²) in [5, 5.41) is 7.27. The number of urea groups is 1. The van der Waals surface area contributed by atoms with Crippen molar-refractivity contribution in [2.24, 2.45) is 5.92 Å². The van der Waals surface area contributed by atoms with Crippen molar-refractivity contribution in [1.29, 1.82) is 0 Å². The monoisotopic (exact) mass is 385 g/mol. The van der Waals surface area contributed by atoms with Crippen molar-refractivity contribution >= 4 is 23.5 Å². The fraction of sp³-hybridized carbons (Fsp3) is 0.556. The smallest absolute Gasteiger partial charge is 0.315 e. The second-order valence-corrected chi connectivity index (χ2v) is 7.35. The molecule has 2 fully saturated rings. The van der Waals surface area contributed by atoms with Crippen LogP contribution in [0.1, 0.15) is 50.1 Å². The second kappa shape index (κ2) is 8.20. The highest BCUT2D eigenvalue weighted by molar-refractivity contribution is 6.31. The molecular formula is C18H22ClF2N3O2. The van der Waals surface area contributed by atoms with Crippen LogP contribution < -0.4 is 16.0 Å². The molecule has 2 aliphatic rings. The Labute approximate surface area is 155 Å². The minimum absolute atomic E-state index is 0.174. The number of carbonyl (C=O) groups excluding carboxylic acids is 2. The van der Waals surface area contributed by atoms with Gasteiger partial charge in [0, 0.05) is 12.1 Å². The van der Waals surface area contributed by atoms with Gasteiger partial charge in [-0.05, 0) is 18.4 Å². The molecule has 0 aromatic heterocycles. The van der Waals surface area contributed by atoms with Crippen molar-refractivity contribution in [2.45, 2.75) is 50.6 Å². The first kappa shape index (κ1) is 18.9. The Morgan fingerprint density at radius 1 is 1.27 bits per heavy atom. The summed E-state index contributed by atoms with van der Waals surface area (Å²) in [6.45, 7) is 0.174. The van der Waals surface area contributed by atoms with Gasteiger partial charge >= 0.3 is 6.03 Å². The first-order valence-corrected chi connectivity index (χ1v) is 9.31. The van der Waals surface area contributed by atoms with Crippen molar-refractivity contribution in [3.8, 4) is 0 Å². The fourth-order valence-electron chi connectivity index (χ4n) is 3.72. The summed E-state index contributed by atoms with van der Waals surface area (Å²) < 4.78 is 28.1. The van der Waals surface area contributed by atoms with Gasteiger partial charge in [0.25, 0.3) is 0 Å². The minimum Gasteiger partial charge on any atom is -0.347 e. The molecule has 142 valence electrons. The van der Waals surface area contributed by atoms with E-state index in [4.69, 9.17) is 11.6 Å². The van der Waals surface area contributed by atoms with E-state index in [1.54, 1.807) is 0 Å². The maximum Gasteiger partial charge on any atom is 0.315 e. The molecule has 8 heteroatoms. The number of halogens is 3. The summed E-state index contributed by atoms with van der Waals surface area (Å²) in [6.07, 6.45) is 6.00. The van der Waals surface area contributed by atoms with Gasteiger partial charge in [0.1, 0.15) is 22.7 Å². The van der Waals surface area contributed by atoms with E-state index >= 15 is 0 Å². The van der Waals surface area contributed by atoms with Gasteiger partial charge in [-0.1, -0.05) is 49.8 Å². The third-order valence-electron chi connectivity index (χ3n) is 5.14. The topological polar surface area (TPSA) is 70.2 Å². The van der Waals surface area contributed by atoms with Gasteiger partial charge in [0.05, 0.1) is 6.04 Å². The standard InChI is InChI=1S/C18H22ClF2N3O2/c19-15-12(20)7-6-11(16(15)21)13(8-10-4-2-1-3-5-10)23-17(25)14-9-22-18(26)24-14/h6-7,10,13-14H,1-5,8-9H2,(H,23,25)(H2,22,24,26)/t13-,14-/m0/s1. The maximum atomic E-state index is 14.6. The molecule has 0 radical (unpaired) electrons. The molecule has 2 atom stereocenters. The molecule has 1 saturated carbocycles. The van der Waals surface area contributed by atoms with Gasteiger partial charge in [0.15, 0.2) is 0 Å². The molecule has 0 bridgehead atoms. The highest BCUT2D eigenvalue weighted by atomic mass is 35.5. The Hall–Kier alpha value is -1.89. The van der Waals surface area contributed by atoms with Crippen molar-refractivity contribution in [2.75, 3.05) is 6.54 Å². The number of rotatable bonds is 5. The van der Waals surface area contributed by atoms with Crippen LogP contribution in [0.15, 0.2) is 12.1 Å². The molecule has 5 nitrogen and oxygen atoms in total. The Balaban J connectivity index is 1.80. The number of benzene rings is 1. The Morgan fingerprint density at radius 2 is 2.00 bits per heavy atom. The molecule has 0 unspecified atom stereocenters. The number of amides is 3. The molecule has 3 rings (SSSR count). The summed E-state index contributed by atoms with van der Waals surface area (Å²) in [6, 6.07) is 0.691. The van der Waals surface area contributed by atoms with Gasteiger partial charge in [-0.2, -0.15) is 0 Å². The van der Waals surface area contributed by atoms with Gasteiger partial charge in [-0.25, -0.2) is 13.6 Å². The Morgan fingerprint density at radius 3 is 2.65 bits per heavy atom. The second-order valence-electron chi connectivity index (χ2n) is 6.97. The summed E-state index contributed by atoms with van der Waals surface area (Å²) >= 11 is 5.72. The van der Waals surface area contributed by atoms with Crippen LogP contribution in [0.4, 0.5) is 13.6 Å². The number of hydrogen-bond donors (Lipinski definition) is 3. The van der Waals surface area contributed by atoms with E-state index < -0.39 is 40.7 Å². The Bertz CT molecular complexity index is 695. The fourth-order valence-corrected chi connectivity index (χ4v) is 3.89. The molecular weight excluding hydrogens is 364 g/mol. The predicted molar refractivity (Wildman–Crippen MR) is 93.8 cm³/mol. The van der Waals surface area contributed by atoms with Crippen LogP contribution in [0.5, 0.6) is 0 Å². The SMILES string of the molecule is O=C1NC[C@@H](C(=O)N[C@@H](CC2CCCCC2)c2ccc(F)c(Cl)c2F)N1. The van der Waals surface area contributed by atoms with E-state index in [9.17, 15) is 18.4 Å². The zero-order valence-corrected chi connectivity index (χ0v) is 15.0. The number of hydrogen-bond acceptors (Lipinski definition) is 2. The van der Waals surface area contributed by atoms with Gasteiger partial charge in [-0.3, -0.25) is 4.79 Å². The van der Waals surface area contributed by atoms with E-state index in [1.807, 2.05) is 0 Å². The highest BCUT2D eigenvalue weighted by Gasteiger charge is 2.31. The number of carbonyl (C=O) groups is 2. The van der Waals surface area contributed by atoms with Gasteiger partial charge in [0.2, 0.25) is 5.91 Å². The first-order chi connectivity index (χ1) is 12.5. The van der Waals surface area contributed by atoms with Crippen molar-refractivity contribution < 1.29 is 18.4 Å². The molecule has 1 aromatic rings. The van der Waals surface area contributed by atoms with Crippen LogP contribution in [0, 0.1) is 17.6 Å². The lowest BCUT2D eigenvalue weighted by atomic mass is 9.83. The van der Waals surface area contributed by atoms with Crippen molar-refractivity contribution in [1.82, 2.24) is 16.0 Å². The van der Waals surface area contributed by atoms with Crippen LogP contribution in [-0.2, 0) is 4.79 Å². The quantitative estimate of drug-likeness (QED) is 0.679. The zero-order chi connectivity index (χ0) is 18.7. The van der Waals surface area contributed by atoms with E-state index in [0.29, 0.717) is 12.3 Å². The molecule has 1 aliphatic heterocycles. The van der Waals surface area contributed by atoms with Crippen LogP contribution in [0.2, 0.25) is 5.02 Å². The van der Waals surface area contributed by atoms with E-state index in [1.165, 1.54) is 12.5 Å². The minimum atomic E-state index is -0.846. The average molecular weight is 386 g/mol. The first-order valence-electron chi connectivity index (χ1n) is 8.94. The summed E-state index contributed by atoms with van der Waals surface area (Å²) in [5.41, 5.74) is 0.174. The summed E-state index contributed by atoms with van der Waals surface area (Å²) in [4.78, 5) is 23.7.